The Bertz CT molecular complexity index is 443. The second-order valence-electron chi connectivity index (χ2n) is 5.99. The molecule has 2 heterocycles. The zero-order chi connectivity index (χ0) is 16.3. The molecule has 0 bridgehead atoms. The van der Waals surface area contributed by atoms with Crippen LogP contribution in [0.25, 0.3) is 0 Å². The largest absolute Gasteiger partial charge is 0.385 e. The first-order valence-electron chi connectivity index (χ1n) is 8.57. The summed E-state index contributed by atoms with van der Waals surface area (Å²) in [6, 6.07) is 4.75. The summed E-state index contributed by atoms with van der Waals surface area (Å²) in [5.41, 5.74) is 0. The number of hydrogen-bond donors (Lipinski definition) is 2. The zero-order valence-electron chi connectivity index (χ0n) is 14.4. The van der Waals surface area contributed by atoms with Crippen LogP contribution in [0.15, 0.2) is 22.5 Å². The number of nitrogens with one attached hydrogen (secondary N) is 2. The van der Waals surface area contributed by atoms with Crippen molar-refractivity contribution in [3.8, 4) is 0 Å². The molecule has 0 aromatic carbocycles. The Hall–Kier alpha value is -1.11. The van der Waals surface area contributed by atoms with Crippen LogP contribution in [0.3, 0.4) is 0 Å². The van der Waals surface area contributed by atoms with Crippen LogP contribution in [0.4, 0.5) is 0 Å². The summed E-state index contributed by atoms with van der Waals surface area (Å²) in [6.45, 7) is 8.06. The van der Waals surface area contributed by atoms with Crippen molar-refractivity contribution in [2.24, 2.45) is 4.99 Å². The minimum Gasteiger partial charge on any atom is -0.385 e. The molecule has 2 rings (SSSR count). The van der Waals surface area contributed by atoms with Gasteiger partial charge in [0.2, 0.25) is 0 Å². The van der Waals surface area contributed by atoms with E-state index in [1.807, 2.05) is 0 Å². The number of guanidine groups is 1. The summed E-state index contributed by atoms with van der Waals surface area (Å²) in [5.74, 6) is 0.903. The summed E-state index contributed by atoms with van der Waals surface area (Å²) >= 11 is 1.75. The van der Waals surface area contributed by atoms with E-state index in [4.69, 9.17) is 9.73 Å². The van der Waals surface area contributed by atoms with Gasteiger partial charge in [-0.3, -0.25) is 4.90 Å². The Labute approximate surface area is 144 Å². The Balaban J connectivity index is 1.80. The monoisotopic (exact) mass is 338 g/mol. The van der Waals surface area contributed by atoms with Gasteiger partial charge in [0.1, 0.15) is 0 Å². The van der Waals surface area contributed by atoms with Gasteiger partial charge >= 0.3 is 0 Å². The van der Waals surface area contributed by atoms with Gasteiger partial charge in [-0.25, -0.2) is 4.99 Å². The first kappa shape index (κ1) is 18.2. The Morgan fingerprint density at radius 3 is 2.91 bits per heavy atom. The SMILES string of the molecule is COCCCNC(=NCc1cccs1)NCC(C)N1CCCC1. The van der Waals surface area contributed by atoms with Crippen molar-refractivity contribution in [3.05, 3.63) is 22.4 Å². The van der Waals surface area contributed by atoms with E-state index in [2.05, 4.69) is 40.0 Å². The van der Waals surface area contributed by atoms with Crippen LogP contribution in [-0.2, 0) is 11.3 Å². The molecule has 1 fully saturated rings. The first-order valence-corrected chi connectivity index (χ1v) is 9.45. The highest BCUT2D eigenvalue weighted by Gasteiger charge is 2.17. The molecule has 2 N–H and O–H groups in total. The molecule has 6 heteroatoms. The fourth-order valence-corrected chi connectivity index (χ4v) is 3.34. The van der Waals surface area contributed by atoms with Gasteiger partial charge in [0.05, 0.1) is 6.54 Å². The molecule has 0 aliphatic carbocycles. The van der Waals surface area contributed by atoms with E-state index < -0.39 is 0 Å². The van der Waals surface area contributed by atoms with Gasteiger partial charge in [0.25, 0.3) is 0 Å². The molecule has 23 heavy (non-hydrogen) atoms. The van der Waals surface area contributed by atoms with Crippen molar-refractivity contribution < 1.29 is 4.74 Å². The third-order valence-corrected chi connectivity index (χ3v) is 4.98. The quantitative estimate of drug-likeness (QED) is 0.412. The number of thiophene rings is 1. The number of likely N-dealkylation sites (tertiary alicyclic amines) is 1. The molecule has 0 saturated carbocycles. The molecule has 0 radical (unpaired) electrons. The summed E-state index contributed by atoms with van der Waals surface area (Å²) < 4.78 is 5.10. The molecular weight excluding hydrogens is 308 g/mol. The van der Waals surface area contributed by atoms with Gasteiger partial charge in [-0.05, 0) is 50.7 Å². The number of rotatable bonds is 9. The third kappa shape index (κ3) is 6.89. The van der Waals surface area contributed by atoms with Crippen molar-refractivity contribution in [2.45, 2.75) is 38.8 Å². The lowest BCUT2D eigenvalue weighted by Gasteiger charge is -2.25. The number of ether oxygens (including phenoxy) is 1. The standard InChI is InChI=1S/C17H30N4OS/c1-15(21-9-3-4-10-21)13-19-17(18-8-6-11-22-2)20-14-16-7-5-12-23-16/h5,7,12,15H,3-4,6,8-11,13-14H2,1-2H3,(H2,18,19,20). The molecule has 1 aromatic rings. The van der Waals surface area contributed by atoms with Crippen LogP contribution in [0.1, 0.15) is 31.1 Å². The zero-order valence-corrected chi connectivity index (χ0v) is 15.2. The Kier molecular flexibility index (Phi) is 8.42. The van der Waals surface area contributed by atoms with Gasteiger partial charge in [-0.1, -0.05) is 6.07 Å². The van der Waals surface area contributed by atoms with Gasteiger partial charge in [0.15, 0.2) is 5.96 Å². The van der Waals surface area contributed by atoms with Crippen LogP contribution < -0.4 is 10.6 Å². The van der Waals surface area contributed by atoms with Crippen LogP contribution in [-0.4, -0.2) is 56.8 Å². The minimum atomic E-state index is 0.546. The molecule has 1 saturated heterocycles. The molecule has 0 spiro atoms. The van der Waals surface area contributed by atoms with E-state index in [1.165, 1.54) is 30.8 Å². The second kappa shape index (κ2) is 10.6. The topological polar surface area (TPSA) is 48.9 Å². The van der Waals surface area contributed by atoms with E-state index in [-0.39, 0.29) is 0 Å². The first-order chi connectivity index (χ1) is 11.3. The second-order valence-corrected chi connectivity index (χ2v) is 7.02. The maximum Gasteiger partial charge on any atom is 0.191 e. The van der Waals surface area contributed by atoms with Crippen molar-refractivity contribution in [1.82, 2.24) is 15.5 Å². The highest BCUT2D eigenvalue weighted by atomic mass is 32.1. The van der Waals surface area contributed by atoms with Crippen LogP contribution >= 0.6 is 11.3 Å². The molecule has 1 aliphatic heterocycles. The van der Waals surface area contributed by atoms with Gasteiger partial charge in [0, 0.05) is 37.7 Å². The van der Waals surface area contributed by atoms with Crippen LogP contribution in [0, 0.1) is 0 Å². The lowest BCUT2D eigenvalue weighted by molar-refractivity contribution is 0.195. The smallest absolute Gasteiger partial charge is 0.191 e. The van der Waals surface area contributed by atoms with Crippen LogP contribution in [0.5, 0.6) is 0 Å². The van der Waals surface area contributed by atoms with E-state index in [0.717, 1.165) is 38.6 Å². The van der Waals surface area contributed by atoms with Crippen molar-refractivity contribution in [2.75, 3.05) is 39.9 Å². The van der Waals surface area contributed by atoms with E-state index in [9.17, 15) is 0 Å². The van der Waals surface area contributed by atoms with Crippen molar-refractivity contribution >= 4 is 17.3 Å². The maximum atomic E-state index is 5.10. The molecule has 1 aliphatic rings. The average Bonchev–Trinajstić information content (AvgIpc) is 3.26. The van der Waals surface area contributed by atoms with Gasteiger partial charge in [-0.2, -0.15) is 0 Å². The van der Waals surface area contributed by atoms with E-state index >= 15 is 0 Å². The van der Waals surface area contributed by atoms with Gasteiger partial charge < -0.3 is 15.4 Å². The van der Waals surface area contributed by atoms with Crippen molar-refractivity contribution in [1.29, 1.82) is 0 Å². The maximum absolute atomic E-state index is 5.10. The minimum absolute atomic E-state index is 0.546. The molecule has 1 unspecified atom stereocenters. The average molecular weight is 339 g/mol. The lowest BCUT2D eigenvalue weighted by Crippen LogP contribution is -2.45. The normalized spacial score (nSPS) is 17.4. The Morgan fingerprint density at radius 2 is 2.22 bits per heavy atom. The molecular formula is C17H30N4OS. The van der Waals surface area contributed by atoms with Crippen LogP contribution in [0.2, 0.25) is 0 Å². The third-order valence-electron chi connectivity index (χ3n) is 4.12. The number of methoxy groups -OCH3 is 1. The van der Waals surface area contributed by atoms with Crippen molar-refractivity contribution in [3.63, 3.8) is 0 Å². The number of nitrogens with zero attached hydrogens (tertiary/aromatic N) is 2. The van der Waals surface area contributed by atoms with E-state index in [0.29, 0.717) is 6.04 Å². The molecule has 1 aromatic heterocycles. The predicted molar refractivity (Wildman–Crippen MR) is 98.2 cm³/mol. The summed E-state index contributed by atoms with van der Waals surface area (Å²) in [4.78, 5) is 8.55. The summed E-state index contributed by atoms with van der Waals surface area (Å²) in [6.07, 6.45) is 3.65. The summed E-state index contributed by atoms with van der Waals surface area (Å²) in [7, 11) is 1.74. The van der Waals surface area contributed by atoms with Gasteiger partial charge in [-0.15, -0.1) is 11.3 Å². The van der Waals surface area contributed by atoms with E-state index in [1.54, 1.807) is 18.4 Å². The molecule has 0 amide bonds. The molecule has 5 nitrogen and oxygen atoms in total. The molecule has 130 valence electrons. The fraction of sp³-hybridized carbons (Fsp3) is 0.706. The fourth-order valence-electron chi connectivity index (χ4n) is 2.71. The highest BCUT2D eigenvalue weighted by molar-refractivity contribution is 7.09. The Morgan fingerprint density at radius 1 is 1.39 bits per heavy atom. The predicted octanol–water partition coefficient (Wildman–Crippen LogP) is 2.30. The lowest BCUT2D eigenvalue weighted by atomic mass is 10.3. The molecule has 1 atom stereocenters. The highest BCUT2D eigenvalue weighted by Crippen LogP contribution is 2.11. The number of aliphatic imine (C=N–C) groups is 1. The number of hydrogen-bond acceptors (Lipinski definition) is 4. The summed E-state index contributed by atoms with van der Waals surface area (Å²) in [5, 5.41) is 9.00.